The monoisotopic (exact) mass is 452 g/mol. The van der Waals surface area contributed by atoms with Crippen LogP contribution in [-0.2, 0) is 17.9 Å². The highest BCUT2D eigenvalue weighted by Crippen LogP contribution is 2.25. The minimum atomic E-state index is -0.150. The summed E-state index contributed by atoms with van der Waals surface area (Å²) in [6.07, 6.45) is 1.77. The molecule has 3 aromatic rings. The summed E-state index contributed by atoms with van der Waals surface area (Å²) < 4.78 is 13.4. The Balaban J connectivity index is 1.63. The van der Waals surface area contributed by atoms with Gasteiger partial charge in [-0.2, -0.15) is 0 Å². The van der Waals surface area contributed by atoms with Gasteiger partial charge in [0.25, 0.3) is 0 Å². The molecule has 1 amide bonds. The van der Waals surface area contributed by atoms with Crippen molar-refractivity contribution in [3.05, 3.63) is 72.1 Å². The zero-order valence-electron chi connectivity index (χ0n) is 18.6. The van der Waals surface area contributed by atoms with E-state index in [1.54, 1.807) is 6.08 Å². The third-order valence-corrected chi connectivity index (χ3v) is 5.43. The van der Waals surface area contributed by atoms with Crippen LogP contribution in [0.1, 0.15) is 23.9 Å². The van der Waals surface area contributed by atoms with Gasteiger partial charge in [-0.1, -0.05) is 36.0 Å². The number of hydrogen-bond donors (Lipinski definition) is 1. The number of nitrogens with zero attached hydrogens (tertiary/aromatic N) is 3. The summed E-state index contributed by atoms with van der Waals surface area (Å²) in [4.78, 5) is 12.5. The molecule has 0 aliphatic heterocycles. The molecule has 0 aliphatic carbocycles. The maximum Gasteiger partial charge on any atom is 0.234 e. The summed E-state index contributed by atoms with van der Waals surface area (Å²) >= 11 is 1.31. The highest BCUT2D eigenvalue weighted by atomic mass is 32.2. The van der Waals surface area contributed by atoms with Gasteiger partial charge in [-0.3, -0.25) is 9.36 Å². The predicted octanol–water partition coefficient (Wildman–Crippen LogP) is 4.79. The number of nitrogens with one attached hydrogen (secondary N) is 1. The van der Waals surface area contributed by atoms with Gasteiger partial charge in [0.05, 0.1) is 18.0 Å². The Morgan fingerprint density at radius 1 is 1.16 bits per heavy atom. The van der Waals surface area contributed by atoms with Crippen molar-refractivity contribution in [2.24, 2.45) is 0 Å². The van der Waals surface area contributed by atoms with Gasteiger partial charge < -0.3 is 14.8 Å². The van der Waals surface area contributed by atoms with Crippen LogP contribution in [-0.4, -0.2) is 33.0 Å². The lowest BCUT2D eigenvalue weighted by atomic mass is 10.1. The normalized spacial score (nSPS) is 10.6. The number of anilines is 1. The maximum absolute atomic E-state index is 12.5. The number of thioether (sulfide) groups is 1. The molecule has 0 spiro atoms. The number of allylic oxidation sites excluding steroid dienone is 1. The number of carbonyl (C=O) groups excluding carboxylic acids is 1. The zero-order chi connectivity index (χ0) is 22.9. The SMILES string of the molecule is C=CCn1c(COc2cc(C)cc(C)c2)nnc1SCC(=O)Nc1ccccc1OCC. The number of aromatic nitrogens is 3. The summed E-state index contributed by atoms with van der Waals surface area (Å²) in [7, 11) is 0. The third kappa shape index (κ3) is 6.37. The minimum absolute atomic E-state index is 0.150. The van der Waals surface area contributed by atoms with Gasteiger partial charge in [0, 0.05) is 6.54 Å². The molecule has 0 atom stereocenters. The van der Waals surface area contributed by atoms with Gasteiger partial charge in [-0.15, -0.1) is 16.8 Å². The highest BCUT2D eigenvalue weighted by molar-refractivity contribution is 7.99. The molecule has 1 aromatic heterocycles. The molecule has 0 saturated heterocycles. The fourth-order valence-corrected chi connectivity index (χ4v) is 3.94. The molecule has 0 aliphatic rings. The Bertz CT molecular complexity index is 1060. The molecule has 0 bridgehead atoms. The largest absolute Gasteiger partial charge is 0.492 e. The van der Waals surface area contributed by atoms with Gasteiger partial charge in [0.15, 0.2) is 11.0 Å². The molecule has 3 rings (SSSR count). The Labute approximate surface area is 192 Å². The lowest BCUT2D eigenvalue weighted by Crippen LogP contribution is -2.15. The van der Waals surface area contributed by atoms with Crippen molar-refractivity contribution in [3.8, 4) is 11.5 Å². The van der Waals surface area contributed by atoms with E-state index in [-0.39, 0.29) is 18.3 Å². The molecule has 0 fully saturated rings. The summed E-state index contributed by atoms with van der Waals surface area (Å²) in [6.45, 7) is 11.1. The highest BCUT2D eigenvalue weighted by Gasteiger charge is 2.15. The van der Waals surface area contributed by atoms with E-state index in [4.69, 9.17) is 9.47 Å². The first-order valence-corrected chi connectivity index (χ1v) is 11.4. The number of ether oxygens (including phenoxy) is 2. The summed E-state index contributed by atoms with van der Waals surface area (Å²) in [5.74, 6) is 2.15. The van der Waals surface area contributed by atoms with Crippen LogP contribution in [0, 0.1) is 13.8 Å². The number of rotatable bonds is 11. The lowest BCUT2D eigenvalue weighted by molar-refractivity contribution is -0.113. The molecule has 0 saturated carbocycles. The molecule has 2 aromatic carbocycles. The Hall–Kier alpha value is -3.26. The predicted molar refractivity (Wildman–Crippen MR) is 127 cm³/mol. The fraction of sp³-hybridized carbons (Fsp3) is 0.292. The summed E-state index contributed by atoms with van der Waals surface area (Å²) in [5.41, 5.74) is 2.93. The van der Waals surface area contributed by atoms with E-state index in [0.717, 1.165) is 16.9 Å². The molecule has 7 nitrogen and oxygen atoms in total. The van der Waals surface area contributed by atoms with E-state index < -0.39 is 0 Å². The average molecular weight is 453 g/mol. The molecular weight excluding hydrogens is 424 g/mol. The standard InChI is InChI=1S/C24H28N4O3S/c1-5-11-28-22(15-31-19-13-17(3)12-18(4)14-19)26-27-24(28)32-16-23(29)25-20-9-7-8-10-21(20)30-6-2/h5,7-10,12-14H,1,6,11,15-16H2,2-4H3,(H,25,29). The molecule has 8 heteroatoms. The van der Waals surface area contributed by atoms with E-state index in [1.165, 1.54) is 11.8 Å². The average Bonchev–Trinajstić information content (AvgIpc) is 3.13. The van der Waals surface area contributed by atoms with E-state index >= 15 is 0 Å². The van der Waals surface area contributed by atoms with Crippen LogP contribution in [0.4, 0.5) is 5.69 Å². The van der Waals surface area contributed by atoms with Crippen LogP contribution in [0.3, 0.4) is 0 Å². The number of para-hydroxylation sites is 2. The van der Waals surface area contributed by atoms with Crippen molar-refractivity contribution in [1.82, 2.24) is 14.8 Å². The summed E-state index contributed by atoms with van der Waals surface area (Å²) in [6, 6.07) is 13.4. The third-order valence-electron chi connectivity index (χ3n) is 4.46. The number of hydrogen-bond acceptors (Lipinski definition) is 6. The van der Waals surface area contributed by atoms with E-state index in [0.29, 0.717) is 35.6 Å². The smallest absolute Gasteiger partial charge is 0.234 e. The van der Waals surface area contributed by atoms with Crippen molar-refractivity contribution in [2.45, 2.75) is 39.1 Å². The van der Waals surface area contributed by atoms with Crippen LogP contribution in [0.25, 0.3) is 0 Å². The molecular formula is C24H28N4O3S. The number of aryl methyl sites for hydroxylation is 2. The first-order valence-electron chi connectivity index (χ1n) is 10.4. The van der Waals surface area contributed by atoms with Gasteiger partial charge in [-0.05, 0) is 56.2 Å². The van der Waals surface area contributed by atoms with Gasteiger partial charge >= 0.3 is 0 Å². The number of carbonyl (C=O) groups is 1. The zero-order valence-corrected chi connectivity index (χ0v) is 19.4. The quantitative estimate of drug-likeness (QED) is 0.333. The second-order valence-corrected chi connectivity index (χ2v) is 8.12. The van der Waals surface area contributed by atoms with Crippen LogP contribution in [0.15, 0.2) is 60.3 Å². The van der Waals surface area contributed by atoms with Crippen LogP contribution >= 0.6 is 11.8 Å². The van der Waals surface area contributed by atoms with Crippen LogP contribution < -0.4 is 14.8 Å². The van der Waals surface area contributed by atoms with Crippen molar-refractivity contribution < 1.29 is 14.3 Å². The maximum atomic E-state index is 12.5. The molecule has 168 valence electrons. The second kappa shape index (κ2) is 11.4. The first-order chi connectivity index (χ1) is 15.5. The Morgan fingerprint density at radius 3 is 2.62 bits per heavy atom. The topological polar surface area (TPSA) is 78.3 Å². The van der Waals surface area contributed by atoms with Crippen LogP contribution in [0.2, 0.25) is 0 Å². The number of benzene rings is 2. The van der Waals surface area contributed by atoms with Crippen LogP contribution in [0.5, 0.6) is 11.5 Å². The van der Waals surface area contributed by atoms with Gasteiger partial charge in [0.1, 0.15) is 18.1 Å². The van der Waals surface area contributed by atoms with Gasteiger partial charge in [0.2, 0.25) is 5.91 Å². The summed E-state index contributed by atoms with van der Waals surface area (Å²) in [5, 5.41) is 12.0. The van der Waals surface area contributed by atoms with Crippen molar-refractivity contribution in [1.29, 1.82) is 0 Å². The van der Waals surface area contributed by atoms with E-state index in [2.05, 4.69) is 28.2 Å². The van der Waals surface area contributed by atoms with E-state index in [1.807, 2.05) is 61.7 Å². The first kappa shape index (κ1) is 23.4. The molecule has 0 unspecified atom stereocenters. The minimum Gasteiger partial charge on any atom is -0.492 e. The Morgan fingerprint density at radius 2 is 1.91 bits per heavy atom. The number of amides is 1. The lowest BCUT2D eigenvalue weighted by Gasteiger charge is -2.12. The van der Waals surface area contributed by atoms with Crippen molar-refractivity contribution >= 4 is 23.4 Å². The van der Waals surface area contributed by atoms with Crippen molar-refractivity contribution in [3.63, 3.8) is 0 Å². The fourth-order valence-electron chi connectivity index (χ4n) is 3.18. The molecule has 32 heavy (non-hydrogen) atoms. The molecule has 1 N–H and O–H groups in total. The second-order valence-electron chi connectivity index (χ2n) is 7.18. The van der Waals surface area contributed by atoms with Crippen molar-refractivity contribution in [2.75, 3.05) is 17.7 Å². The molecule has 0 radical (unpaired) electrons. The van der Waals surface area contributed by atoms with E-state index in [9.17, 15) is 4.79 Å². The molecule has 1 heterocycles. The van der Waals surface area contributed by atoms with Gasteiger partial charge in [-0.25, -0.2) is 0 Å². The Kier molecular flexibility index (Phi) is 8.33.